The van der Waals surface area contributed by atoms with Crippen LogP contribution in [0.3, 0.4) is 0 Å². The molecule has 0 radical (unpaired) electrons. The van der Waals surface area contributed by atoms with E-state index in [1.807, 2.05) is 42.1 Å². The van der Waals surface area contributed by atoms with Crippen molar-refractivity contribution in [1.82, 2.24) is 14.2 Å². The van der Waals surface area contributed by atoms with Crippen LogP contribution >= 0.6 is 0 Å². The zero-order valence-electron chi connectivity index (χ0n) is 16.0. The molecule has 27 heavy (non-hydrogen) atoms. The van der Waals surface area contributed by atoms with E-state index >= 15 is 0 Å². The highest BCUT2D eigenvalue weighted by atomic mass is 32.2. The third-order valence-electron chi connectivity index (χ3n) is 5.18. The van der Waals surface area contributed by atoms with Crippen LogP contribution in [0.25, 0.3) is 10.9 Å². The Morgan fingerprint density at radius 3 is 2.70 bits per heavy atom. The molecule has 2 aromatic rings. The third-order valence-corrected chi connectivity index (χ3v) is 5.91. The second-order valence-electron chi connectivity index (χ2n) is 7.35. The molecule has 1 aliphatic heterocycles. The molecule has 0 spiro atoms. The molecule has 0 bridgehead atoms. The molecule has 7 nitrogen and oxygen atoms in total. The summed E-state index contributed by atoms with van der Waals surface area (Å²) in [5, 5.41) is 11.5. The fourth-order valence-electron chi connectivity index (χ4n) is 3.65. The quantitative estimate of drug-likeness (QED) is 0.661. The molecule has 3 rings (SSSR count). The van der Waals surface area contributed by atoms with Crippen LogP contribution in [0.4, 0.5) is 0 Å². The highest BCUT2D eigenvalue weighted by Gasteiger charge is 2.22. The summed E-state index contributed by atoms with van der Waals surface area (Å²) in [4.78, 5) is 2.26. The van der Waals surface area contributed by atoms with E-state index in [0.717, 1.165) is 48.9 Å². The van der Waals surface area contributed by atoms with Gasteiger partial charge in [-0.05, 0) is 37.9 Å². The van der Waals surface area contributed by atoms with Crippen molar-refractivity contribution in [2.75, 3.05) is 39.0 Å². The number of fused-ring (bicyclic) bond motifs is 1. The second-order valence-corrected chi connectivity index (χ2v) is 9.18. The maximum Gasteiger partial charge on any atom is 0.208 e. The minimum absolute atomic E-state index is 0.411. The predicted octanol–water partition coefficient (Wildman–Crippen LogP) is 1.45. The Labute approximate surface area is 161 Å². The number of rotatable bonds is 8. The van der Waals surface area contributed by atoms with Crippen molar-refractivity contribution in [3.8, 4) is 0 Å². The number of hydrogen-bond acceptors (Lipinski definition) is 5. The summed E-state index contributed by atoms with van der Waals surface area (Å²) in [7, 11) is -1.16. The van der Waals surface area contributed by atoms with E-state index < -0.39 is 16.3 Å². The third kappa shape index (κ3) is 5.52. The zero-order valence-corrected chi connectivity index (χ0v) is 16.8. The van der Waals surface area contributed by atoms with Crippen LogP contribution in [0, 0.1) is 5.92 Å². The monoisotopic (exact) mass is 395 g/mol. The summed E-state index contributed by atoms with van der Waals surface area (Å²) in [5.74, 6) is 0.411. The van der Waals surface area contributed by atoms with Crippen molar-refractivity contribution < 1.29 is 18.3 Å². The lowest BCUT2D eigenvalue weighted by Crippen LogP contribution is -2.40. The second kappa shape index (κ2) is 8.70. The Hall–Kier alpha value is -1.45. The van der Waals surface area contributed by atoms with Crippen molar-refractivity contribution in [1.29, 1.82) is 0 Å². The van der Waals surface area contributed by atoms with Gasteiger partial charge in [-0.1, -0.05) is 18.2 Å². The van der Waals surface area contributed by atoms with Gasteiger partial charge in [-0.3, -0.25) is 0 Å². The minimum atomic E-state index is -3.12. The van der Waals surface area contributed by atoms with E-state index in [1.165, 1.54) is 6.26 Å². The van der Waals surface area contributed by atoms with Crippen LogP contribution in [0.1, 0.15) is 24.7 Å². The number of hydrogen-bond donors (Lipinski definition) is 2. The van der Waals surface area contributed by atoms with E-state index in [9.17, 15) is 13.5 Å². The first-order chi connectivity index (χ1) is 12.8. The first-order valence-electron chi connectivity index (χ1n) is 9.34. The fraction of sp³-hybridized carbons (Fsp3) is 0.579. The number of benzene rings is 1. The summed E-state index contributed by atoms with van der Waals surface area (Å²) in [5.41, 5.74) is 1.88. The first-order valence-corrected chi connectivity index (χ1v) is 11.2. The predicted molar refractivity (Wildman–Crippen MR) is 106 cm³/mol. The normalized spacial score (nSPS) is 18.2. The topological polar surface area (TPSA) is 83.8 Å². The SMILES string of the molecule is Cn1cc(C(O)OCC2CCN(CCNS(C)(=O)=O)CC2)c2ccccc21. The van der Waals surface area contributed by atoms with E-state index in [2.05, 4.69) is 9.62 Å². The van der Waals surface area contributed by atoms with Gasteiger partial charge in [0.2, 0.25) is 10.0 Å². The lowest BCUT2D eigenvalue weighted by atomic mass is 9.98. The molecule has 2 heterocycles. The van der Waals surface area contributed by atoms with Gasteiger partial charge >= 0.3 is 0 Å². The van der Waals surface area contributed by atoms with Crippen molar-refractivity contribution in [3.63, 3.8) is 0 Å². The smallest absolute Gasteiger partial charge is 0.208 e. The highest BCUT2D eigenvalue weighted by Crippen LogP contribution is 2.28. The van der Waals surface area contributed by atoms with E-state index in [-0.39, 0.29) is 0 Å². The maximum atomic E-state index is 11.1. The first kappa shape index (κ1) is 20.3. The molecule has 1 aromatic carbocycles. The molecule has 150 valence electrons. The number of piperidine rings is 1. The molecule has 1 atom stereocenters. The minimum Gasteiger partial charge on any atom is -0.364 e. The molecule has 1 saturated heterocycles. The van der Waals surface area contributed by atoms with Crippen LogP contribution in [0.2, 0.25) is 0 Å². The van der Waals surface area contributed by atoms with Crippen molar-refractivity contribution >= 4 is 20.9 Å². The van der Waals surface area contributed by atoms with Crippen LogP contribution in [-0.4, -0.2) is 62.0 Å². The Bertz CT molecular complexity index is 857. The Kier molecular flexibility index (Phi) is 6.54. The fourth-order valence-corrected chi connectivity index (χ4v) is 4.11. The van der Waals surface area contributed by atoms with Crippen LogP contribution in [-0.2, 0) is 21.8 Å². The maximum absolute atomic E-state index is 11.1. The summed E-state index contributed by atoms with van der Waals surface area (Å²) in [6.07, 6.45) is 4.15. The Balaban J connectivity index is 1.44. The summed E-state index contributed by atoms with van der Waals surface area (Å²) < 4.78 is 32.5. The number of likely N-dealkylation sites (tertiary alicyclic amines) is 1. The number of aliphatic hydroxyl groups is 1. The summed E-state index contributed by atoms with van der Waals surface area (Å²) in [6.45, 7) is 3.53. The van der Waals surface area contributed by atoms with E-state index in [4.69, 9.17) is 4.74 Å². The molecule has 1 fully saturated rings. The van der Waals surface area contributed by atoms with Gasteiger partial charge in [0.05, 0.1) is 12.9 Å². The number of sulfonamides is 1. The lowest BCUT2D eigenvalue weighted by molar-refractivity contribution is -0.116. The molecule has 1 unspecified atom stereocenters. The highest BCUT2D eigenvalue weighted by molar-refractivity contribution is 7.88. The van der Waals surface area contributed by atoms with Crippen LogP contribution in [0.5, 0.6) is 0 Å². The van der Waals surface area contributed by atoms with Crippen molar-refractivity contribution in [2.24, 2.45) is 13.0 Å². The lowest BCUT2D eigenvalue weighted by Gasteiger charge is -2.32. The molecular formula is C19H29N3O4S. The van der Waals surface area contributed by atoms with Gasteiger partial charge in [-0.25, -0.2) is 13.1 Å². The number of ether oxygens (including phenoxy) is 1. The van der Waals surface area contributed by atoms with Crippen molar-refractivity contribution in [2.45, 2.75) is 19.1 Å². The van der Waals surface area contributed by atoms with Crippen LogP contribution in [0.15, 0.2) is 30.5 Å². The summed E-state index contributed by atoms with van der Waals surface area (Å²) in [6, 6.07) is 7.98. The van der Waals surface area contributed by atoms with E-state index in [1.54, 1.807) is 0 Å². The van der Waals surface area contributed by atoms with Crippen molar-refractivity contribution in [3.05, 3.63) is 36.0 Å². The number of para-hydroxylation sites is 1. The molecule has 8 heteroatoms. The van der Waals surface area contributed by atoms with Gasteiger partial charge in [0, 0.05) is 42.8 Å². The van der Waals surface area contributed by atoms with Gasteiger partial charge in [-0.15, -0.1) is 0 Å². The van der Waals surface area contributed by atoms with Gasteiger partial charge in [0.1, 0.15) is 0 Å². The molecule has 0 amide bonds. The number of nitrogens with one attached hydrogen (secondary N) is 1. The number of aromatic nitrogens is 1. The van der Waals surface area contributed by atoms with Gasteiger partial charge in [0.15, 0.2) is 6.29 Å². The number of aliphatic hydroxyl groups excluding tert-OH is 1. The Morgan fingerprint density at radius 2 is 2.00 bits per heavy atom. The molecular weight excluding hydrogens is 366 g/mol. The molecule has 2 N–H and O–H groups in total. The zero-order chi connectivity index (χ0) is 19.4. The van der Waals surface area contributed by atoms with Gasteiger partial charge in [0.25, 0.3) is 0 Å². The number of nitrogens with zero attached hydrogens (tertiary/aromatic N) is 2. The largest absolute Gasteiger partial charge is 0.364 e. The summed E-state index contributed by atoms with van der Waals surface area (Å²) >= 11 is 0. The average Bonchev–Trinajstić information content (AvgIpc) is 2.97. The van der Waals surface area contributed by atoms with E-state index in [0.29, 0.717) is 19.1 Å². The van der Waals surface area contributed by atoms with Gasteiger partial charge < -0.3 is 19.3 Å². The molecule has 0 saturated carbocycles. The molecule has 1 aliphatic rings. The van der Waals surface area contributed by atoms with Gasteiger partial charge in [-0.2, -0.15) is 0 Å². The standard InChI is InChI=1S/C19H29N3O4S/c1-21-13-17(16-5-3-4-6-18(16)21)19(23)26-14-15-7-10-22(11-8-15)12-9-20-27(2,24)25/h3-6,13,15,19-20,23H,7-12,14H2,1-2H3. The van der Waals surface area contributed by atoms with Crippen LogP contribution < -0.4 is 4.72 Å². The average molecular weight is 396 g/mol. The molecule has 0 aliphatic carbocycles. The Morgan fingerprint density at radius 1 is 1.30 bits per heavy atom. The molecule has 1 aromatic heterocycles. The number of aryl methyl sites for hydroxylation is 1.